The molecule has 0 N–H and O–H groups in total. The highest BCUT2D eigenvalue weighted by Gasteiger charge is 2.07. The first-order valence-electron chi connectivity index (χ1n) is 6.96. The Balaban J connectivity index is 1.93. The zero-order valence-electron chi connectivity index (χ0n) is 11.8. The van der Waals surface area contributed by atoms with E-state index < -0.39 is 5.97 Å². The van der Waals surface area contributed by atoms with Crippen molar-refractivity contribution >= 4 is 5.97 Å². The molecule has 2 aromatic heterocycles. The van der Waals surface area contributed by atoms with Gasteiger partial charge in [0.1, 0.15) is 0 Å². The summed E-state index contributed by atoms with van der Waals surface area (Å²) in [5.74, 6) is -1.03. The predicted molar refractivity (Wildman–Crippen MR) is 77.1 cm³/mol. The van der Waals surface area contributed by atoms with Gasteiger partial charge >= 0.3 is 0 Å². The molecule has 0 spiro atoms. The van der Waals surface area contributed by atoms with Gasteiger partial charge in [-0.25, -0.2) is 0 Å². The van der Waals surface area contributed by atoms with Crippen molar-refractivity contribution in [3.8, 4) is 0 Å². The Labute approximate surface area is 124 Å². The average Bonchev–Trinajstić information content (AvgIpc) is 2.52. The Morgan fingerprint density at radius 1 is 1.00 bits per heavy atom. The molecule has 0 aliphatic carbocycles. The second kappa shape index (κ2) is 8.11. The Morgan fingerprint density at radius 2 is 1.67 bits per heavy atom. The molecule has 21 heavy (non-hydrogen) atoms. The highest BCUT2D eigenvalue weighted by Crippen LogP contribution is 2.04. The minimum atomic E-state index is -1.03. The van der Waals surface area contributed by atoms with E-state index in [-0.39, 0.29) is 6.42 Å². The number of aromatic nitrogens is 2. The zero-order valence-corrected chi connectivity index (χ0v) is 11.8. The summed E-state index contributed by atoms with van der Waals surface area (Å²) >= 11 is 0. The van der Waals surface area contributed by atoms with Crippen LogP contribution in [0.15, 0.2) is 48.8 Å². The molecule has 0 amide bonds. The first-order chi connectivity index (χ1) is 10.2. The molecule has 2 heterocycles. The van der Waals surface area contributed by atoms with E-state index in [0.29, 0.717) is 13.1 Å². The van der Waals surface area contributed by atoms with Gasteiger partial charge in [0.15, 0.2) is 0 Å². The fraction of sp³-hybridized carbons (Fsp3) is 0.312. The van der Waals surface area contributed by atoms with Crippen molar-refractivity contribution in [1.82, 2.24) is 14.9 Å². The fourth-order valence-electron chi connectivity index (χ4n) is 2.06. The van der Waals surface area contributed by atoms with Gasteiger partial charge in [0.05, 0.1) is 5.69 Å². The third-order valence-electron chi connectivity index (χ3n) is 3.15. The largest absolute Gasteiger partial charge is 0.550 e. The number of carboxylic acid groups (broad SMARTS) is 1. The lowest BCUT2D eigenvalue weighted by atomic mass is 10.2. The van der Waals surface area contributed by atoms with E-state index in [9.17, 15) is 9.90 Å². The van der Waals surface area contributed by atoms with Crippen LogP contribution in [-0.4, -0.2) is 33.9 Å². The summed E-state index contributed by atoms with van der Waals surface area (Å²) in [7, 11) is 0. The molecule has 2 rings (SSSR count). The van der Waals surface area contributed by atoms with Crippen LogP contribution in [0.4, 0.5) is 0 Å². The van der Waals surface area contributed by atoms with Crippen molar-refractivity contribution in [2.45, 2.75) is 19.4 Å². The van der Waals surface area contributed by atoms with E-state index in [1.165, 1.54) is 0 Å². The number of aliphatic carboxylic acids is 1. The summed E-state index contributed by atoms with van der Waals surface area (Å²) in [6, 6.07) is 11.5. The average molecular weight is 284 g/mol. The normalized spacial score (nSPS) is 10.7. The summed E-state index contributed by atoms with van der Waals surface area (Å²) in [4.78, 5) is 21.3. The molecule has 0 saturated carbocycles. The minimum Gasteiger partial charge on any atom is -0.550 e. The van der Waals surface area contributed by atoms with Crippen molar-refractivity contribution in [2.24, 2.45) is 0 Å². The topological polar surface area (TPSA) is 69.2 Å². The fourth-order valence-corrected chi connectivity index (χ4v) is 2.06. The zero-order chi connectivity index (χ0) is 14.9. The van der Waals surface area contributed by atoms with Gasteiger partial charge in [-0.05, 0) is 30.7 Å². The summed E-state index contributed by atoms with van der Waals surface area (Å²) < 4.78 is 0. The summed E-state index contributed by atoms with van der Waals surface area (Å²) in [6.07, 6.45) is 4.31. The number of carbonyl (C=O) groups is 1. The van der Waals surface area contributed by atoms with Crippen LogP contribution in [0.1, 0.15) is 17.8 Å². The van der Waals surface area contributed by atoms with Gasteiger partial charge in [0.25, 0.3) is 0 Å². The molecular formula is C16H18N3O2-. The van der Waals surface area contributed by atoms with Gasteiger partial charge in [0, 0.05) is 50.1 Å². The Morgan fingerprint density at radius 3 is 2.24 bits per heavy atom. The summed E-state index contributed by atoms with van der Waals surface area (Å²) in [5.41, 5.74) is 1.92. The third kappa shape index (κ3) is 5.71. The maximum absolute atomic E-state index is 10.7. The summed E-state index contributed by atoms with van der Waals surface area (Å²) in [5, 5.41) is 10.7. The van der Waals surface area contributed by atoms with Gasteiger partial charge in [-0.3, -0.25) is 14.9 Å². The van der Waals surface area contributed by atoms with E-state index in [1.54, 1.807) is 12.4 Å². The minimum absolute atomic E-state index is 0.0229. The number of carboxylic acids is 1. The van der Waals surface area contributed by atoms with Crippen LogP contribution in [-0.2, 0) is 17.8 Å². The summed E-state index contributed by atoms with van der Waals surface area (Å²) in [6.45, 7) is 1.81. The van der Waals surface area contributed by atoms with Crippen LogP contribution in [0, 0.1) is 0 Å². The van der Waals surface area contributed by atoms with Crippen molar-refractivity contribution < 1.29 is 9.90 Å². The Kier molecular flexibility index (Phi) is 5.84. The van der Waals surface area contributed by atoms with Gasteiger partial charge in [-0.15, -0.1) is 0 Å². The SMILES string of the molecule is O=C([O-])CCN(CCc1ccccn1)Cc1ccccn1. The molecular weight excluding hydrogens is 266 g/mol. The number of rotatable bonds is 8. The quantitative estimate of drug-likeness (QED) is 0.712. The first-order valence-corrected chi connectivity index (χ1v) is 6.96. The van der Waals surface area contributed by atoms with E-state index in [0.717, 1.165) is 24.4 Å². The molecule has 2 aromatic rings. The molecule has 0 radical (unpaired) electrons. The van der Waals surface area contributed by atoms with Crippen molar-refractivity contribution in [3.63, 3.8) is 0 Å². The molecule has 0 aliphatic rings. The predicted octanol–water partition coefficient (Wildman–Crippen LogP) is 0.661. The second-order valence-corrected chi connectivity index (χ2v) is 4.79. The van der Waals surface area contributed by atoms with E-state index >= 15 is 0 Å². The molecule has 0 aromatic carbocycles. The van der Waals surface area contributed by atoms with E-state index in [1.807, 2.05) is 36.4 Å². The van der Waals surface area contributed by atoms with Crippen LogP contribution < -0.4 is 5.11 Å². The van der Waals surface area contributed by atoms with E-state index in [2.05, 4.69) is 14.9 Å². The standard InChI is InChI=1S/C16H19N3O2/c20-16(21)8-12-19(13-15-6-2-4-10-18-15)11-7-14-5-1-3-9-17-14/h1-6,9-10H,7-8,11-13H2,(H,20,21)/p-1. The van der Waals surface area contributed by atoms with Gasteiger partial charge < -0.3 is 9.90 Å². The van der Waals surface area contributed by atoms with Crippen molar-refractivity contribution in [2.75, 3.05) is 13.1 Å². The van der Waals surface area contributed by atoms with Gasteiger partial charge in [0.2, 0.25) is 0 Å². The molecule has 0 fully saturated rings. The molecule has 110 valence electrons. The first kappa shape index (κ1) is 15.1. The smallest absolute Gasteiger partial charge is 0.0543 e. The lowest BCUT2D eigenvalue weighted by molar-refractivity contribution is -0.305. The van der Waals surface area contributed by atoms with Crippen molar-refractivity contribution in [3.05, 3.63) is 60.2 Å². The van der Waals surface area contributed by atoms with E-state index in [4.69, 9.17) is 0 Å². The molecule has 5 heteroatoms. The number of pyridine rings is 2. The molecule has 0 aliphatic heterocycles. The molecule has 0 saturated heterocycles. The maximum atomic E-state index is 10.7. The number of nitrogens with zero attached hydrogens (tertiary/aromatic N) is 3. The Bertz CT molecular complexity index is 546. The Hall–Kier alpha value is -2.27. The number of hydrogen-bond acceptors (Lipinski definition) is 5. The van der Waals surface area contributed by atoms with Crippen LogP contribution in [0.3, 0.4) is 0 Å². The number of carbonyl (C=O) groups excluding carboxylic acids is 1. The maximum Gasteiger partial charge on any atom is 0.0543 e. The van der Waals surface area contributed by atoms with Crippen LogP contribution in [0.25, 0.3) is 0 Å². The lowest BCUT2D eigenvalue weighted by Crippen LogP contribution is -2.32. The molecule has 0 bridgehead atoms. The number of hydrogen-bond donors (Lipinski definition) is 0. The molecule has 5 nitrogen and oxygen atoms in total. The molecule has 0 unspecified atom stereocenters. The lowest BCUT2D eigenvalue weighted by Gasteiger charge is -2.22. The monoisotopic (exact) mass is 284 g/mol. The highest BCUT2D eigenvalue weighted by atomic mass is 16.4. The van der Waals surface area contributed by atoms with Gasteiger partial charge in [-0.1, -0.05) is 12.1 Å². The van der Waals surface area contributed by atoms with Crippen LogP contribution in [0.5, 0.6) is 0 Å². The van der Waals surface area contributed by atoms with Crippen molar-refractivity contribution in [1.29, 1.82) is 0 Å². The second-order valence-electron chi connectivity index (χ2n) is 4.79. The molecule has 0 atom stereocenters. The van der Waals surface area contributed by atoms with Gasteiger partial charge in [-0.2, -0.15) is 0 Å². The highest BCUT2D eigenvalue weighted by molar-refractivity contribution is 5.64. The van der Waals surface area contributed by atoms with Crippen LogP contribution in [0.2, 0.25) is 0 Å². The van der Waals surface area contributed by atoms with Crippen LogP contribution >= 0.6 is 0 Å². The third-order valence-corrected chi connectivity index (χ3v) is 3.15.